The Kier molecular flexibility index (Phi) is 6.46. The second-order valence-corrected chi connectivity index (χ2v) is 7.29. The average molecular weight is 401 g/mol. The number of anilines is 1. The van der Waals surface area contributed by atoms with Crippen molar-refractivity contribution in [3.63, 3.8) is 0 Å². The molecule has 28 heavy (non-hydrogen) atoms. The second kappa shape index (κ2) is 9.01. The van der Waals surface area contributed by atoms with Gasteiger partial charge in [0.05, 0.1) is 0 Å². The van der Waals surface area contributed by atoms with Crippen molar-refractivity contribution in [1.29, 1.82) is 0 Å². The van der Waals surface area contributed by atoms with Gasteiger partial charge in [0.15, 0.2) is 5.11 Å². The molecule has 1 fully saturated rings. The zero-order chi connectivity index (χ0) is 20.1. The molecule has 7 heteroatoms. The number of hydrogen-bond donors (Lipinski definition) is 2. The van der Waals surface area contributed by atoms with Crippen LogP contribution < -0.4 is 10.6 Å². The average Bonchev–Trinajstić information content (AvgIpc) is 2.73. The first-order chi connectivity index (χ1) is 13.5. The van der Waals surface area contributed by atoms with Crippen molar-refractivity contribution >= 4 is 29.0 Å². The van der Waals surface area contributed by atoms with Gasteiger partial charge >= 0.3 is 6.03 Å². The fraction of sp³-hybridized carbons (Fsp3) is 0.333. The highest BCUT2D eigenvalue weighted by atomic mass is 32.1. The molecule has 2 N–H and O–H groups in total. The summed E-state index contributed by atoms with van der Waals surface area (Å²) in [5.41, 5.74) is 2.42. The van der Waals surface area contributed by atoms with Crippen LogP contribution in [0.15, 0.2) is 48.5 Å². The summed E-state index contributed by atoms with van der Waals surface area (Å²) in [6.07, 6.45) is 1.76. The quantitative estimate of drug-likeness (QED) is 0.767. The normalized spacial score (nSPS) is 14.5. The fourth-order valence-corrected chi connectivity index (χ4v) is 3.59. The van der Waals surface area contributed by atoms with Gasteiger partial charge in [0.2, 0.25) is 0 Å². The maximum atomic E-state index is 13.4. The van der Waals surface area contributed by atoms with Gasteiger partial charge in [0, 0.05) is 38.9 Å². The largest absolute Gasteiger partial charge is 0.366 e. The lowest BCUT2D eigenvalue weighted by Gasteiger charge is -2.37. The van der Waals surface area contributed by atoms with Crippen molar-refractivity contribution in [2.75, 3.05) is 32.5 Å². The van der Waals surface area contributed by atoms with Crippen LogP contribution in [0, 0.1) is 5.82 Å². The van der Waals surface area contributed by atoms with Gasteiger partial charge in [-0.25, -0.2) is 9.18 Å². The van der Waals surface area contributed by atoms with Crippen LogP contribution in [0.25, 0.3) is 11.1 Å². The minimum Gasteiger partial charge on any atom is -0.366 e. The Balaban J connectivity index is 1.56. The van der Waals surface area contributed by atoms with Crippen LogP contribution in [-0.4, -0.2) is 54.2 Å². The maximum absolute atomic E-state index is 13.4. The van der Waals surface area contributed by atoms with Crippen LogP contribution in [0.4, 0.5) is 14.9 Å². The third-order valence-corrected chi connectivity index (χ3v) is 5.59. The number of nitrogens with one attached hydrogen (secondary N) is 2. The molecule has 0 bridgehead atoms. The summed E-state index contributed by atoms with van der Waals surface area (Å²) in [7, 11) is 3.65. The molecule has 0 radical (unpaired) electrons. The Morgan fingerprint density at radius 1 is 1.14 bits per heavy atom. The Labute approximate surface area is 170 Å². The molecule has 0 unspecified atom stereocenters. The molecule has 148 valence electrons. The molecule has 1 aliphatic rings. The topological polar surface area (TPSA) is 47.6 Å². The summed E-state index contributed by atoms with van der Waals surface area (Å²) in [4.78, 5) is 16.5. The Bertz CT molecular complexity index is 835. The van der Waals surface area contributed by atoms with E-state index in [1.54, 1.807) is 11.0 Å². The zero-order valence-electron chi connectivity index (χ0n) is 16.1. The van der Waals surface area contributed by atoms with E-state index in [9.17, 15) is 9.18 Å². The fourth-order valence-electron chi connectivity index (χ4n) is 3.41. The molecule has 2 aromatic rings. The number of benzene rings is 2. The predicted octanol–water partition coefficient (Wildman–Crippen LogP) is 3.93. The molecule has 2 aromatic carbocycles. The third kappa shape index (κ3) is 4.78. The molecule has 1 aliphatic heterocycles. The van der Waals surface area contributed by atoms with E-state index in [1.807, 2.05) is 44.4 Å². The van der Waals surface area contributed by atoms with E-state index in [1.165, 1.54) is 12.1 Å². The van der Waals surface area contributed by atoms with Gasteiger partial charge in [0.1, 0.15) is 5.82 Å². The van der Waals surface area contributed by atoms with Gasteiger partial charge in [-0.15, -0.1) is 0 Å². The number of thiocarbonyl (C=S) groups is 1. The minimum atomic E-state index is -0.266. The zero-order valence-corrected chi connectivity index (χ0v) is 16.9. The molecule has 0 aromatic heterocycles. The third-order valence-electron chi connectivity index (χ3n) is 5.13. The highest BCUT2D eigenvalue weighted by molar-refractivity contribution is 7.80. The molecule has 2 amide bonds. The van der Waals surface area contributed by atoms with Crippen LogP contribution in [0.2, 0.25) is 0 Å². The van der Waals surface area contributed by atoms with E-state index < -0.39 is 0 Å². The van der Waals surface area contributed by atoms with E-state index in [0.29, 0.717) is 5.69 Å². The number of carbonyl (C=O) groups is 1. The summed E-state index contributed by atoms with van der Waals surface area (Å²) < 4.78 is 13.4. The van der Waals surface area contributed by atoms with Crippen molar-refractivity contribution in [2.24, 2.45) is 0 Å². The second-order valence-electron chi connectivity index (χ2n) is 6.90. The van der Waals surface area contributed by atoms with Gasteiger partial charge in [-0.05, 0) is 60.5 Å². The number of urea groups is 1. The number of halogens is 1. The molecule has 0 atom stereocenters. The summed E-state index contributed by atoms with van der Waals surface area (Å²) in [5.74, 6) is -0.266. The van der Waals surface area contributed by atoms with Crippen molar-refractivity contribution in [1.82, 2.24) is 15.1 Å². The molecule has 3 rings (SSSR count). The van der Waals surface area contributed by atoms with E-state index >= 15 is 0 Å². The monoisotopic (exact) mass is 400 g/mol. The number of likely N-dealkylation sites (tertiary alicyclic amines) is 1. The summed E-state index contributed by atoms with van der Waals surface area (Å²) in [6, 6.07) is 13.9. The number of rotatable bonds is 3. The maximum Gasteiger partial charge on any atom is 0.321 e. The Hall–Kier alpha value is -2.67. The number of piperidine rings is 1. The standard InChI is InChI=1S/C21H25FN4OS/c1-23-21(28)26-12-10-19(11-13-26)25(2)20(27)24-18-8-6-15(7-9-18)16-4-3-5-17(22)14-16/h3-9,14,19H,10-13H2,1-2H3,(H,23,28)(H,24,27). The number of amides is 2. The molecule has 0 aliphatic carbocycles. The lowest BCUT2D eigenvalue weighted by molar-refractivity contribution is 0.171. The van der Waals surface area contributed by atoms with E-state index in [2.05, 4.69) is 15.5 Å². The summed E-state index contributed by atoms with van der Waals surface area (Å²) in [6.45, 7) is 1.68. The SMILES string of the molecule is CNC(=S)N1CCC(N(C)C(=O)Nc2ccc(-c3cccc(F)c3)cc2)CC1. The first-order valence-electron chi connectivity index (χ1n) is 9.34. The summed E-state index contributed by atoms with van der Waals surface area (Å²) >= 11 is 5.27. The van der Waals surface area contributed by atoms with Gasteiger partial charge in [-0.3, -0.25) is 0 Å². The van der Waals surface area contributed by atoms with Gasteiger partial charge in [-0.2, -0.15) is 0 Å². The van der Waals surface area contributed by atoms with Gasteiger partial charge < -0.3 is 20.4 Å². The van der Waals surface area contributed by atoms with E-state index in [4.69, 9.17) is 12.2 Å². The van der Waals surface area contributed by atoms with Gasteiger partial charge in [-0.1, -0.05) is 24.3 Å². The molecular weight excluding hydrogens is 375 g/mol. The number of carbonyl (C=O) groups excluding carboxylic acids is 1. The lowest BCUT2D eigenvalue weighted by Crippen LogP contribution is -2.50. The van der Waals surface area contributed by atoms with Crippen molar-refractivity contribution in [2.45, 2.75) is 18.9 Å². The highest BCUT2D eigenvalue weighted by Crippen LogP contribution is 2.23. The van der Waals surface area contributed by atoms with E-state index in [0.717, 1.165) is 42.2 Å². The Morgan fingerprint density at radius 2 is 1.82 bits per heavy atom. The lowest BCUT2D eigenvalue weighted by atomic mass is 10.0. The molecule has 1 saturated heterocycles. The molecule has 0 spiro atoms. The first kappa shape index (κ1) is 20.1. The van der Waals surface area contributed by atoms with Crippen LogP contribution >= 0.6 is 12.2 Å². The van der Waals surface area contributed by atoms with Crippen LogP contribution in [0.5, 0.6) is 0 Å². The summed E-state index contributed by atoms with van der Waals surface area (Å²) in [5, 5.41) is 6.69. The molecule has 0 saturated carbocycles. The predicted molar refractivity (Wildman–Crippen MR) is 115 cm³/mol. The number of hydrogen-bond acceptors (Lipinski definition) is 2. The molecule has 5 nitrogen and oxygen atoms in total. The smallest absolute Gasteiger partial charge is 0.321 e. The van der Waals surface area contributed by atoms with E-state index in [-0.39, 0.29) is 17.9 Å². The van der Waals surface area contributed by atoms with Crippen LogP contribution in [-0.2, 0) is 0 Å². The van der Waals surface area contributed by atoms with Gasteiger partial charge in [0.25, 0.3) is 0 Å². The van der Waals surface area contributed by atoms with Crippen LogP contribution in [0.1, 0.15) is 12.8 Å². The highest BCUT2D eigenvalue weighted by Gasteiger charge is 2.26. The Morgan fingerprint density at radius 3 is 2.43 bits per heavy atom. The molecule has 1 heterocycles. The number of nitrogens with zero attached hydrogens (tertiary/aromatic N) is 2. The molecular formula is C21H25FN4OS. The van der Waals surface area contributed by atoms with Crippen LogP contribution in [0.3, 0.4) is 0 Å². The first-order valence-corrected chi connectivity index (χ1v) is 9.75. The van der Waals surface area contributed by atoms with Crippen molar-refractivity contribution in [3.8, 4) is 11.1 Å². The van der Waals surface area contributed by atoms with Crippen molar-refractivity contribution in [3.05, 3.63) is 54.3 Å². The van der Waals surface area contributed by atoms with Crippen molar-refractivity contribution < 1.29 is 9.18 Å². The minimum absolute atomic E-state index is 0.131.